The zero-order valence-electron chi connectivity index (χ0n) is 42.7. The highest BCUT2D eigenvalue weighted by Gasteiger charge is 2.49. The highest BCUT2D eigenvalue weighted by atomic mass is 19.3. The van der Waals surface area contributed by atoms with Crippen molar-refractivity contribution in [3.05, 3.63) is 76.7 Å². The fraction of sp³-hybridized carbons (Fsp3) is 0.509. The molecule has 404 valence electrons. The minimum atomic E-state index is -2.80. The number of fused-ring (bicyclic) bond motifs is 5. The van der Waals surface area contributed by atoms with E-state index in [1.807, 2.05) is 4.90 Å². The topological polar surface area (TPSA) is 160 Å². The van der Waals surface area contributed by atoms with Crippen LogP contribution in [0.4, 0.5) is 33.5 Å². The molecule has 6 saturated heterocycles. The molecule has 6 fully saturated rings. The number of rotatable bonds is 12. The summed E-state index contributed by atoms with van der Waals surface area (Å²) in [6.07, 6.45) is 12.7. The van der Waals surface area contributed by atoms with Crippen molar-refractivity contribution in [1.82, 2.24) is 40.3 Å². The second kappa shape index (κ2) is 20.6. The molecule has 0 saturated carbocycles. The SMILES string of the molecule is C#Cc1c(F)ccc2cc(O)cc(-c3ncc4c(N5CC6CCC(C5)N6)nc(OCCN5CCC(C(F)(F)C6CCN(CC7CCN(c8ccc9c(c8F)CN(C8CCC(=O)NC8=O)C9=O)CC7)CC6)CC5)nc4c3F)c12. The van der Waals surface area contributed by atoms with Crippen LogP contribution in [0.1, 0.15) is 85.7 Å². The van der Waals surface area contributed by atoms with E-state index in [0.717, 1.165) is 32.2 Å². The first-order valence-corrected chi connectivity index (χ1v) is 27.2. The third-order valence-electron chi connectivity index (χ3n) is 17.6. The van der Waals surface area contributed by atoms with Crippen LogP contribution in [0.25, 0.3) is 32.9 Å². The molecular formula is C57H61F5N10O5. The lowest BCUT2D eigenvalue weighted by molar-refractivity contribution is -0.138. The van der Waals surface area contributed by atoms with Crippen molar-refractivity contribution in [2.75, 3.05) is 81.9 Å². The third-order valence-corrected chi connectivity index (χ3v) is 17.6. The summed E-state index contributed by atoms with van der Waals surface area (Å²) in [7, 11) is 0. The van der Waals surface area contributed by atoms with E-state index in [1.165, 1.54) is 35.4 Å². The number of aromatic hydroxyl groups is 1. The average molecular weight is 1060 g/mol. The standard InChI is InChI=1S/C57H61F5N10O5/c1-2-39-44(58)7-3-33-25-38(73)26-41(48(33)39)51-50(60)52-42(27-63-51)53(71-29-36-4-5-37(30-71)64-36)67-56(66-52)77-24-23-68-17-13-34(14-18-68)57(61,62)35-15-19-69(20-16-35)28-32-11-21-70(22-12-32)45-8-6-40-43(49(45)59)31-72(55(40)76)46-9-10-47(74)65-54(46)75/h1,3,6-8,25-27,32,34-37,46,64,73H,4-5,9-24,28-31H2,(H,65,74,75). The molecule has 2 aromatic heterocycles. The number of likely N-dealkylation sites (tertiary alicyclic amines) is 2. The number of hydrogen-bond donors (Lipinski definition) is 3. The number of pyridine rings is 1. The van der Waals surface area contributed by atoms with Gasteiger partial charge in [-0.2, -0.15) is 9.97 Å². The van der Waals surface area contributed by atoms with Crippen molar-refractivity contribution in [3.63, 3.8) is 0 Å². The molecule has 3 aromatic carbocycles. The molecule has 15 nitrogen and oxygen atoms in total. The molecule has 5 aromatic rings. The summed E-state index contributed by atoms with van der Waals surface area (Å²) in [5.74, 6) is -4.49. The molecule has 7 aliphatic heterocycles. The molecular weight excluding hydrogens is 1000 g/mol. The molecule has 2 bridgehead atoms. The van der Waals surface area contributed by atoms with Crippen molar-refractivity contribution in [1.29, 1.82) is 0 Å². The van der Waals surface area contributed by atoms with E-state index in [-0.39, 0.29) is 94.6 Å². The summed E-state index contributed by atoms with van der Waals surface area (Å²) < 4.78 is 86.9. The van der Waals surface area contributed by atoms with Gasteiger partial charge in [-0.25, -0.2) is 22.0 Å². The number of halogens is 5. The Morgan fingerprint density at radius 3 is 2.22 bits per heavy atom. The molecule has 9 heterocycles. The number of benzene rings is 3. The van der Waals surface area contributed by atoms with E-state index in [9.17, 15) is 19.5 Å². The number of amides is 3. The lowest BCUT2D eigenvalue weighted by Crippen LogP contribution is -2.52. The van der Waals surface area contributed by atoms with Crippen LogP contribution in [0.5, 0.6) is 11.8 Å². The van der Waals surface area contributed by atoms with Crippen molar-refractivity contribution in [2.45, 2.75) is 94.8 Å². The predicted molar refractivity (Wildman–Crippen MR) is 278 cm³/mol. The minimum absolute atomic E-state index is 0.0263. The summed E-state index contributed by atoms with van der Waals surface area (Å²) in [5.41, 5.74) is 0.741. The van der Waals surface area contributed by atoms with E-state index >= 15 is 22.0 Å². The number of carbonyl (C=O) groups excluding carboxylic acids is 3. The van der Waals surface area contributed by atoms with Crippen LogP contribution in [-0.2, 0) is 16.1 Å². The number of nitrogens with zero attached hydrogens (tertiary/aromatic N) is 8. The van der Waals surface area contributed by atoms with Gasteiger partial charge in [-0.05, 0) is 126 Å². The van der Waals surface area contributed by atoms with Gasteiger partial charge < -0.3 is 34.8 Å². The summed E-state index contributed by atoms with van der Waals surface area (Å²) in [6.45, 7) is 6.02. The van der Waals surface area contributed by atoms with Crippen molar-refractivity contribution in [2.24, 2.45) is 17.8 Å². The molecule has 3 amide bonds. The van der Waals surface area contributed by atoms with Gasteiger partial charge in [-0.3, -0.25) is 29.6 Å². The maximum absolute atomic E-state index is 17.0. The largest absolute Gasteiger partial charge is 0.508 e. The van der Waals surface area contributed by atoms with Crippen molar-refractivity contribution < 1.29 is 46.2 Å². The first kappa shape index (κ1) is 51.1. The molecule has 3 unspecified atom stereocenters. The number of imide groups is 1. The van der Waals surface area contributed by atoms with E-state index in [1.54, 1.807) is 12.1 Å². The second-order valence-electron chi connectivity index (χ2n) is 22.2. The number of piperidine rings is 4. The monoisotopic (exact) mass is 1060 g/mol. The number of terminal acetylenes is 1. The van der Waals surface area contributed by atoms with Crippen molar-refractivity contribution in [3.8, 4) is 35.4 Å². The Bertz CT molecular complexity index is 3190. The normalized spacial score (nSPS) is 23.3. The van der Waals surface area contributed by atoms with Gasteiger partial charge in [-0.1, -0.05) is 12.0 Å². The van der Waals surface area contributed by atoms with Gasteiger partial charge in [0.25, 0.3) is 11.8 Å². The van der Waals surface area contributed by atoms with E-state index < -0.39 is 53.1 Å². The van der Waals surface area contributed by atoms with Crippen LogP contribution in [-0.4, -0.2) is 149 Å². The number of piperazine rings is 1. The van der Waals surface area contributed by atoms with Crippen LogP contribution >= 0.6 is 0 Å². The van der Waals surface area contributed by atoms with Crippen LogP contribution in [0, 0.1) is 47.5 Å². The smallest absolute Gasteiger partial charge is 0.319 e. The first-order valence-electron chi connectivity index (χ1n) is 27.2. The fourth-order valence-electron chi connectivity index (χ4n) is 13.4. The Morgan fingerprint density at radius 1 is 0.805 bits per heavy atom. The Kier molecular flexibility index (Phi) is 13.7. The molecule has 3 N–H and O–H groups in total. The number of phenols is 1. The van der Waals surface area contributed by atoms with Crippen molar-refractivity contribution >= 4 is 50.9 Å². The molecule has 20 heteroatoms. The first-order chi connectivity index (χ1) is 37.2. The summed E-state index contributed by atoms with van der Waals surface area (Å²) in [4.78, 5) is 61.1. The van der Waals surface area contributed by atoms with E-state index in [4.69, 9.17) is 16.1 Å². The molecule has 3 atom stereocenters. The number of carbonyl (C=O) groups is 3. The Balaban J connectivity index is 0.638. The highest BCUT2D eigenvalue weighted by Crippen LogP contribution is 2.45. The lowest BCUT2D eigenvalue weighted by atomic mass is 9.79. The number of aromatic nitrogens is 3. The number of nitrogens with one attached hydrogen (secondary N) is 2. The second-order valence-corrected chi connectivity index (χ2v) is 22.2. The number of alkyl halides is 2. The Labute approximate surface area is 442 Å². The van der Waals surface area contributed by atoms with Gasteiger partial charge in [0, 0.05) is 97.9 Å². The molecule has 0 aliphatic carbocycles. The lowest BCUT2D eigenvalue weighted by Gasteiger charge is -2.43. The Hall–Kier alpha value is -6.69. The molecule has 0 spiro atoms. The quantitative estimate of drug-likeness (QED) is 0.0667. The highest BCUT2D eigenvalue weighted by molar-refractivity contribution is 6.06. The summed E-state index contributed by atoms with van der Waals surface area (Å²) in [6, 6.07) is 8.29. The van der Waals surface area contributed by atoms with Gasteiger partial charge in [0.05, 0.1) is 23.2 Å². The Morgan fingerprint density at radius 2 is 1.52 bits per heavy atom. The van der Waals surface area contributed by atoms with Crippen LogP contribution < -0.4 is 25.2 Å². The summed E-state index contributed by atoms with van der Waals surface area (Å²) >= 11 is 0. The zero-order chi connectivity index (χ0) is 53.3. The maximum atomic E-state index is 17.0. The van der Waals surface area contributed by atoms with Gasteiger partial charge in [0.15, 0.2) is 11.6 Å². The molecule has 77 heavy (non-hydrogen) atoms. The van der Waals surface area contributed by atoms with Gasteiger partial charge in [-0.15, -0.1) is 6.42 Å². The number of phenolic OH excluding ortho intramolecular Hbond substituents is 1. The van der Waals surface area contributed by atoms with Crippen LogP contribution in [0.15, 0.2) is 42.6 Å². The number of hydrogen-bond acceptors (Lipinski definition) is 13. The van der Waals surface area contributed by atoms with Crippen LogP contribution in [0.3, 0.4) is 0 Å². The zero-order valence-corrected chi connectivity index (χ0v) is 42.7. The van der Waals surface area contributed by atoms with Gasteiger partial charge in [0.2, 0.25) is 11.8 Å². The van der Waals surface area contributed by atoms with Gasteiger partial charge >= 0.3 is 6.01 Å². The maximum Gasteiger partial charge on any atom is 0.319 e. The molecule has 12 rings (SSSR count). The number of ether oxygens (including phenoxy) is 1. The minimum Gasteiger partial charge on any atom is -0.508 e. The van der Waals surface area contributed by atoms with E-state index in [0.29, 0.717) is 113 Å². The van der Waals surface area contributed by atoms with E-state index in [2.05, 4.69) is 41.2 Å². The van der Waals surface area contributed by atoms with Gasteiger partial charge in [0.1, 0.15) is 41.2 Å². The predicted octanol–water partition coefficient (Wildman–Crippen LogP) is 7.01. The molecule has 0 radical (unpaired) electrons. The molecule has 7 aliphatic rings. The average Bonchev–Trinajstić information content (AvgIpc) is 4.04. The third kappa shape index (κ3) is 9.66. The number of anilines is 2. The van der Waals surface area contributed by atoms with Crippen LogP contribution in [0.2, 0.25) is 0 Å². The summed E-state index contributed by atoms with van der Waals surface area (Å²) in [5, 5.41) is 17.6. The fourth-order valence-corrected chi connectivity index (χ4v) is 13.4.